The summed E-state index contributed by atoms with van der Waals surface area (Å²) in [4.78, 5) is 15.1. The molecule has 2 unspecified atom stereocenters. The smallest absolute Gasteiger partial charge is 0.167 e. The predicted octanol–water partition coefficient (Wildman–Crippen LogP) is 9.82. The lowest BCUT2D eigenvalue weighted by Gasteiger charge is -2.14. The number of allylic oxidation sites excluding steroid dienone is 2. The van der Waals surface area contributed by atoms with Crippen LogP contribution < -0.4 is 4.74 Å². The number of hydrogen-bond donors (Lipinski definition) is 0. The summed E-state index contributed by atoms with van der Waals surface area (Å²) in [5, 5.41) is 4.78. The van der Waals surface area contributed by atoms with Crippen molar-refractivity contribution in [3.05, 3.63) is 157 Å². The second-order valence-corrected chi connectivity index (χ2v) is 11.6. The maximum atomic E-state index is 6.50. The molecular weight excluding hydrogens is 550 g/mol. The van der Waals surface area contributed by atoms with Crippen LogP contribution in [0.25, 0.3) is 66.8 Å². The first-order chi connectivity index (χ1) is 22.3. The summed E-state index contributed by atoms with van der Waals surface area (Å²) in [5.41, 5.74) is 6.23. The monoisotopic (exact) mass is 577 g/mol. The summed E-state index contributed by atoms with van der Waals surface area (Å²) in [6, 6.07) is 44.5. The molecule has 212 valence electrons. The van der Waals surface area contributed by atoms with Gasteiger partial charge in [0, 0.05) is 22.6 Å². The van der Waals surface area contributed by atoms with Crippen LogP contribution in [0.2, 0.25) is 0 Å². The summed E-state index contributed by atoms with van der Waals surface area (Å²) >= 11 is 0. The third-order valence-corrected chi connectivity index (χ3v) is 8.85. The Morgan fingerprint density at radius 1 is 0.444 bits per heavy atom. The molecule has 2 aliphatic rings. The molecule has 1 aromatic heterocycles. The largest absolute Gasteiger partial charge is 0.484 e. The van der Waals surface area contributed by atoms with Gasteiger partial charge in [0.1, 0.15) is 11.9 Å². The van der Waals surface area contributed by atoms with Gasteiger partial charge in [0.15, 0.2) is 17.5 Å². The fraction of sp³-hybridized carbons (Fsp3) is 0.0488. The molecule has 4 nitrogen and oxygen atoms in total. The molecule has 0 saturated heterocycles. The number of para-hydroxylation sites is 1. The molecule has 0 radical (unpaired) electrons. The van der Waals surface area contributed by atoms with Crippen molar-refractivity contribution in [2.45, 2.75) is 12.0 Å². The third kappa shape index (κ3) is 4.50. The normalized spacial score (nSPS) is 16.4. The number of hydrogen-bond acceptors (Lipinski definition) is 4. The lowest BCUT2D eigenvalue weighted by atomic mass is 9.91. The molecule has 2 atom stereocenters. The van der Waals surface area contributed by atoms with Gasteiger partial charge in [0.2, 0.25) is 0 Å². The van der Waals surface area contributed by atoms with Gasteiger partial charge in [-0.15, -0.1) is 0 Å². The molecule has 7 aromatic rings. The minimum atomic E-state index is -0.0185. The van der Waals surface area contributed by atoms with Gasteiger partial charge in [0.05, 0.1) is 5.56 Å². The van der Waals surface area contributed by atoms with Crippen LogP contribution in [0.3, 0.4) is 0 Å². The van der Waals surface area contributed by atoms with Gasteiger partial charge < -0.3 is 4.74 Å². The molecule has 0 amide bonds. The molecule has 45 heavy (non-hydrogen) atoms. The van der Waals surface area contributed by atoms with Crippen molar-refractivity contribution in [2.24, 2.45) is 0 Å². The Morgan fingerprint density at radius 2 is 1.02 bits per heavy atom. The SMILES string of the molecule is C1=CC2Oc3c(-c4nc(-c5ccc(-c6ccc7ccccc7c6)cc5)nc(-c5ccc6ccccc6c5)n4)cccc3C2C=C1. The Labute approximate surface area is 261 Å². The van der Waals surface area contributed by atoms with Crippen molar-refractivity contribution in [3.63, 3.8) is 0 Å². The van der Waals surface area contributed by atoms with E-state index in [1.165, 1.54) is 21.7 Å². The van der Waals surface area contributed by atoms with Gasteiger partial charge in [-0.2, -0.15) is 0 Å². The summed E-state index contributed by atoms with van der Waals surface area (Å²) in [7, 11) is 0. The van der Waals surface area contributed by atoms with E-state index in [0.29, 0.717) is 17.5 Å². The second kappa shape index (κ2) is 10.4. The molecule has 0 spiro atoms. The van der Waals surface area contributed by atoms with E-state index >= 15 is 0 Å². The van der Waals surface area contributed by atoms with E-state index < -0.39 is 0 Å². The molecule has 1 aliphatic heterocycles. The summed E-state index contributed by atoms with van der Waals surface area (Å²) < 4.78 is 6.50. The molecule has 0 N–H and O–H groups in total. The van der Waals surface area contributed by atoms with Gasteiger partial charge in [-0.25, -0.2) is 15.0 Å². The Kier molecular flexibility index (Phi) is 5.91. The maximum absolute atomic E-state index is 6.50. The van der Waals surface area contributed by atoms with Crippen molar-refractivity contribution in [1.82, 2.24) is 15.0 Å². The highest BCUT2D eigenvalue weighted by molar-refractivity contribution is 5.88. The minimum absolute atomic E-state index is 0.0185. The molecule has 2 heterocycles. The van der Waals surface area contributed by atoms with Crippen LogP contribution in [-0.2, 0) is 0 Å². The standard InChI is InChI=1S/C41H27N3O/c1-3-10-30-24-32(22-18-26(30)8-1)28-16-20-29(21-17-28)39-42-40(33-23-19-27-9-2-4-11-31(27)25-33)44-41(43-39)36-14-7-13-35-34-12-5-6-15-37(34)45-38(35)36/h1-25,34,37H. The molecule has 6 aromatic carbocycles. The second-order valence-electron chi connectivity index (χ2n) is 11.6. The molecule has 0 bridgehead atoms. The number of fused-ring (bicyclic) bond motifs is 5. The van der Waals surface area contributed by atoms with Gasteiger partial charge >= 0.3 is 0 Å². The van der Waals surface area contributed by atoms with Gasteiger partial charge in [-0.1, -0.05) is 127 Å². The number of benzene rings is 6. The zero-order valence-electron chi connectivity index (χ0n) is 24.3. The summed E-state index contributed by atoms with van der Waals surface area (Å²) in [5.74, 6) is 2.89. The van der Waals surface area contributed by atoms with E-state index in [2.05, 4.69) is 146 Å². The lowest BCUT2D eigenvalue weighted by Crippen LogP contribution is -2.15. The number of ether oxygens (including phenoxy) is 1. The van der Waals surface area contributed by atoms with Crippen molar-refractivity contribution < 1.29 is 4.74 Å². The first-order valence-corrected chi connectivity index (χ1v) is 15.3. The molecule has 0 fully saturated rings. The average Bonchev–Trinajstić information content (AvgIpc) is 3.50. The Morgan fingerprint density at radius 3 is 1.78 bits per heavy atom. The summed E-state index contributed by atoms with van der Waals surface area (Å²) in [6.45, 7) is 0. The Balaban J connectivity index is 1.17. The number of nitrogens with zero attached hydrogens (tertiary/aromatic N) is 3. The van der Waals surface area contributed by atoms with Crippen LogP contribution in [0, 0.1) is 0 Å². The third-order valence-electron chi connectivity index (χ3n) is 8.85. The first kappa shape index (κ1) is 25.6. The van der Waals surface area contributed by atoms with E-state index in [9.17, 15) is 0 Å². The van der Waals surface area contributed by atoms with Crippen LogP contribution in [0.5, 0.6) is 5.75 Å². The van der Waals surface area contributed by atoms with Crippen LogP contribution >= 0.6 is 0 Å². The van der Waals surface area contributed by atoms with Crippen molar-refractivity contribution in [1.29, 1.82) is 0 Å². The fourth-order valence-corrected chi connectivity index (χ4v) is 6.50. The first-order valence-electron chi connectivity index (χ1n) is 15.3. The van der Waals surface area contributed by atoms with E-state index in [0.717, 1.165) is 39.0 Å². The van der Waals surface area contributed by atoms with Crippen LogP contribution in [0.4, 0.5) is 0 Å². The maximum Gasteiger partial charge on any atom is 0.167 e. The zero-order chi connectivity index (χ0) is 29.7. The molecule has 9 rings (SSSR count). The van der Waals surface area contributed by atoms with Crippen LogP contribution in [0.15, 0.2) is 152 Å². The highest BCUT2D eigenvalue weighted by Gasteiger charge is 2.34. The van der Waals surface area contributed by atoms with E-state index in [4.69, 9.17) is 19.7 Å². The average molecular weight is 578 g/mol. The highest BCUT2D eigenvalue weighted by atomic mass is 16.5. The van der Waals surface area contributed by atoms with E-state index in [-0.39, 0.29) is 12.0 Å². The van der Waals surface area contributed by atoms with Crippen molar-refractivity contribution in [3.8, 4) is 51.0 Å². The highest BCUT2D eigenvalue weighted by Crippen LogP contribution is 2.46. The molecular formula is C41H27N3O. The van der Waals surface area contributed by atoms with Crippen molar-refractivity contribution in [2.75, 3.05) is 0 Å². The Bertz CT molecular complexity index is 2320. The predicted molar refractivity (Wildman–Crippen MR) is 182 cm³/mol. The molecule has 1 aliphatic carbocycles. The lowest BCUT2D eigenvalue weighted by molar-refractivity contribution is 0.269. The van der Waals surface area contributed by atoms with Gasteiger partial charge in [-0.05, 0) is 56.9 Å². The Hall–Kier alpha value is -5.87. The van der Waals surface area contributed by atoms with Crippen LogP contribution in [0.1, 0.15) is 11.5 Å². The minimum Gasteiger partial charge on any atom is -0.484 e. The topological polar surface area (TPSA) is 47.9 Å². The van der Waals surface area contributed by atoms with E-state index in [1.807, 2.05) is 6.08 Å². The zero-order valence-corrected chi connectivity index (χ0v) is 24.3. The van der Waals surface area contributed by atoms with Crippen molar-refractivity contribution >= 4 is 21.5 Å². The van der Waals surface area contributed by atoms with Gasteiger partial charge in [-0.3, -0.25) is 0 Å². The quantitative estimate of drug-likeness (QED) is 0.209. The fourth-order valence-electron chi connectivity index (χ4n) is 6.50. The summed E-state index contributed by atoms with van der Waals surface area (Å²) in [6.07, 6.45) is 8.44. The number of rotatable bonds is 4. The molecule has 0 saturated carbocycles. The molecule has 4 heteroatoms. The van der Waals surface area contributed by atoms with Crippen LogP contribution in [-0.4, -0.2) is 21.1 Å². The number of aromatic nitrogens is 3. The van der Waals surface area contributed by atoms with Gasteiger partial charge in [0.25, 0.3) is 0 Å². The van der Waals surface area contributed by atoms with E-state index in [1.54, 1.807) is 0 Å².